The Morgan fingerprint density at radius 3 is 2.25 bits per heavy atom. The first-order valence-electron chi connectivity index (χ1n) is 10.3. The summed E-state index contributed by atoms with van der Waals surface area (Å²) in [5.74, 6) is 0.710. The molecule has 0 unspecified atom stereocenters. The molecule has 4 rings (SSSR count). The van der Waals surface area contributed by atoms with Crippen molar-refractivity contribution in [3.05, 3.63) is 77.6 Å². The molecule has 1 aliphatic heterocycles. The molecule has 1 aliphatic rings. The highest BCUT2D eigenvalue weighted by molar-refractivity contribution is 7.87. The Balaban J connectivity index is 1.40. The highest BCUT2D eigenvalue weighted by atomic mass is 32.2. The van der Waals surface area contributed by atoms with Crippen LogP contribution in [0, 0.1) is 13.8 Å². The highest BCUT2D eigenvalue weighted by Crippen LogP contribution is 2.23. The van der Waals surface area contributed by atoms with E-state index < -0.39 is 10.1 Å². The summed E-state index contributed by atoms with van der Waals surface area (Å²) in [7, 11) is -3.97. The fraction of sp³-hybridized carbons (Fsp3) is 0.261. The molecule has 0 saturated carbocycles. The third-order valence-corrected chi connectivity index (χ3v) is 6.71. The molecule has 9 heteroatoms. The van der Waals surface area contributed by atoms with Gasteiger partial charge in [0.15, 0.2) is 0 Å². The lowest BCUT2D eigenvalue weighted by Gasteiger charge is -2.34. The third-order valence-electron chi connectivity index (χ3n) is 5.32. The van der Waals surface area contributed by atoms with Crippen LogP contribution < -0.4 is 9.08 Å². The van der Waals surface area contributed by atoms with Crippen molar-refractivity contribution in [1.29, 1.82) is 0 Å². The van der Waals surface area contributed by atoms with Crippen molar-refractivity contribution in [3.63, 3.8) is 0 Å². The lowest BCUT2D eigenvalue weighted by atomic mass is 10.1. The summed E-state index contributed by atoms with van der Waals surface area (Å²) in [5.41, 5.74) is 1.92. The molecule has 0 radical (unpaired) electrons. The van der Waals surface area contributed by atoms with E-state index in [4.69, 9.17) is 4.18 Å². The van der Waals surface area contributed by atoms with E-state index in [-0.39, 0.29) is 16.6 Å². The topological polar surface area (TPSA) is 92.7 Å². The monoisotopic (exact) mass is 452 g/mol. The zero-order valence-electron chi connectivity index (χ0n) is 17.9. The predicted molar refractivity (Wildman–Crippen MR) is 120 cm³/mol. The van der Waals surface area contributed by atoms with Gasteiger partial charge in [-0.05, 0) is 61.4 Å². The first kappa shape index (κ1) is 21.8. The van der Waals surface area contributed by atoms with E-state index in [1.165, 1.54) is 12.1 Å². The second kappa shape index (κ2) is 8.96. The van der Waals surface area contributed by atoms with E-state index in [2.05, 4.69) is 9.97 Å². The van der Waals surface area contributed by atoms with Crippen molar-refractivity contribution >= 4 is 22.0 Å². The first-order valence-corrected chi connectivity index (χ1v) is 11.7. The van der Waals surface area contributed by atoms with Gasteiger partial charge in [-0.25, -0.2) is 9.97 Å². The fourth-order valence-corrected chi connectivity index (χ4v) is 4.79. The van der Waals surface area contributed by atoms with Gasteiger partial charge in [0.2, 0.25) is 5.95 Å². The van der Waals surface area contributed by atoms with Crippen LogP contribution in [0.15, 0.2) is 65.8 Å². The highest BCUT2D eigenvalue weighted by Gasteiger charge is 2.24. The third kappa shape index (κ3) is 4.72. The van der Waals surface area contributed by atoms with E-state index in [0.29, 0.717) is 43.3 Å². The maximum absolute atomic E-state index is 12.9. The van der Waals surface area contributed by atoms with Gasteiger partial charge < -0.3 is 14.0 Å². The lowest BCUT2D eigenvalue weighted by Crippen LogP contribution is -2.49. The van der Waals surface area contributed by atoms with Crippen LogP contribution in [-0.2, 0) is 10.1 Å². The van der Waals surface area contributed by atoms with E-state index in [1.807, 2.05) is 17.9 Å². The van der Waals surface area contributed by atoms with E-state index in [0.717, 1.165) is 5.56 Å². The van der Waals surface area contributed by atoms with Crippen LogP contribution in [0.25, 0.3) is 0 Å². The number of carbonyl (C=O) groups is 1. The van der Waals surface area contributed by atoms with Crippen molar-refractivity contribution in [2.45, 2.75) is 18.7 Å². The molecule has 166 valence electrons. The van der Waals surface area contributed by atoms with Crippen LogP contribution in [-0.4, -0.2) is 55.4 Å². The average molecular weight is 453 g/mol. The van der Waals surface area contributed by atoms with Gasteiger partial charge in [0.1, 0.15) is 10.6 Å². The van der Waals surface area contributed by atoms with Crippen molar-refractivity contribution in [3.8, 4) is 5.75 Å². The van der Waals surface area contributed by atoms with Gasteiger partial charge in [-0.2, -0.15) is 8.42 Å². The number of anilines is 1. The molecule has 0 aliphatic carbocycles. The minimum Gasteiger partial charge on any atom is -0.379 e. The van der Waals surface area contributed by atoms with Crippen molar-refractivity contribution < 1.29 is 17.4 Å². The lowest BCUT2D eigenvalue weighted by molar-refractivity contribution is 0.0746. The molecule has 2 aromatic carbocycles. The predicted octanol–water partition coefficient (Wildman–Crippen LogP) is 2.82. The quantitative estimate of drug-likeness (QED) is 0.550. The van der Waals surface area contributed by atoms with Crippen molar-refractivity contribution in [2.75, 3.05) is 31.1 Å². The number of aryl methyl sites for hydroxylation is 2. The van der Waals surface area contributed by atoms with Crippen LogP contribution in [0.3, 0.4) is 0 Å². The Labute approximate surface area is 187 Å². The van der Waals surface area contributed by atoms with Crippen LogP contribution in [0.1, 0.15) is 21.5 Å². The van der Waals surface area contributed by atoms with E-state index in [9.17, 15) is 13.2 Å². The maximum Gasteiger partial charge on any atom is 0.339 e. The summed E-state index contributed by atoms with van der Waals surface area (Å²) in [5, 5.41) is 0. The Morgan fingerprint density at radius 2 is 1.59 bits per heavy atom. The molecular weight excluding hydrogens is 428 g/mol. The number of piperazine rings is 1. The average Bonchev–Trinajstić information content (AvgIpc) is 2.81. The molecule has 1 saturated heterocycles. The Bertz CT molecular complexity index is 1210. The number of benzene rings is 2. The van der Waals surface area contributed by atoms with Gasteiger partial charge in [-0.1, -0.05) is 12.1 Å². The summed E-state index contributed by atoms with van der Waals surface area (Å²) in [6.45, 7) is 5.94. The summed E-state index contributed by atoms with van der Waals surface area (Å²) < 4.78 is 30.6. The van der Waals surface area contributed by atoms with E-state index in [1.54, 1.807) is 54.5 Å². The summed E-state index contributed by atoms with van der Waals surface area (Å²) in [4.78, 5) is 25.3. The molecule has 0 bridgehead atoms. The number of amides is 1. The standard InChI is InChI=1S/C23H24N4O4S/c1-17-4-5-18(2)21(16-17)32(29,30)31-20-8-6-19(7-9-20)22(28)26-12-14-27(15-13-26)23-24-10-3-11-25-23/h3-11,16H,12-15H2,1-2H3. The fourth-order valence-electron chi connectivity index (χ4n) is 3.55. The molecule has 8 nitrogen and oxygen atoms in total. The number of hydrogen-bond acceptors (Lipinski definition) is 7. The summed E-state index contributed by atoms with van der Waals surface area (Å²) in [6, 6.07) is 13.1. The zero-order valence-corrected chi connectivity index (χ0v) is 18.7. The largest absolute Gasteiger partial charge is 0.379 e. The molecule has 32 heavy (non-hydrogen) atoms. The second-order valence-electron chi connectivity index (χ2n) is 7.66. The van der Waals surface area contributed by atoms with Crippen LogP contribution in [0.2, 0.25) is 0 Å². The van der Waals surface area contributed by atoms with Crippen LogP contribution >= 0.6 is 0 Å². The molecule has 3 aromatic rings. The summed E-state index contributed by atoms with van der Waals surface area (Å²) in [6.07, 6.45) is 3.40. The molecule has 0 spiro atoms. The minimum atomic E-state index is -3.97. The van der Waals surface area contributed by atoms with Gasteiger partial charge >= 0.3 is 10.1 Å². The van der Waals surface area contributed by atoms with Gasteiger partial charge in [-0.15, -0.1) is 0 Å². The molecule has 0 N–H and O–H groups in total. The minimum absolute atomic E-state index is 0.109. The molecule has 1 aromatic heterocycles. The Kier molecular flexibility index (Phi) is 6.09. The zero-order chi connectivity index (χ0) is 22.7. The SMILES string of the molecule is Cc1ccc(C)c(S(=O)(=O)Oc2ccc(C(=O)N3CCN(c4ncccn4)CC3)cc2)c1. The molecule has 1 amide bonds. The number of hydrogen-bond donors (Lipinski definition) is 0. The van der Waals surface area contributed by atoms with Gasteiger partial charge in [0.05, 0.1) is 0 Å². The van der Waals surface area contributed by atoms with Gasteiger partial charge in [0.25, 0.3) is 5.91 Å². The molecule has 0 atom stereocenters. The van der Waals surface area contributed by atoms with Gasteiger partial charge in [0, 0.05) is 44.1 Å². The maximum atomic E-state index is 12.9. The normalized spacial score (nSPS) is 14.3. The van der Waals surface area contributed by atoms with Crippen LogP contribution in [0.5, 0.6) is 5.75 Å². The van der Waals surface area contributed by atoms with E-state index >= 15 is 0 Å². The first-order chi connectivity index (χ1) is 15.3. The molecule has 2 heterocycles. The number of carbonyl (C=O) groups excluding carboxylic acids is 1. The smallest absolute Gasteiger partial charge is 0.339 e. The Hall–Kier alpha value is -3.46. The van der Waals surface area contributed by atoms with Gasteiger partial charge in [-0.3, -0.25) is 4.79 Å². The number of aromatic nitrogens is 2. The van der Waals surface area contributed by atoms with Crippen molar-refractivity contribution in [1.82, 2.24) is 14.9 Å². The molecule has 1 fully saturated rings. The van der Waals surface area contributed by atoms with Crippen molar-refractivity contribution in [2.24, 2.45) is 0 Å². The second-order valence-corrected chi connectivity index (χ2v) is 9.17. The van der Waals surface area contributed by atoms with Crippen LogP contribution in [0.4, 0.5) is 5.95 Å². The molecular formula is C23H24N4O4S. The number of nitrogens with zero attached hydrogens (tertiary/aromatic N) is 4. The number of rotatable bonds is 5. The Morgan fingerprint density at radius 1 is 0.938 bits per heavy atom. The summed E-state index contributed by atoms with van der Waals surface area (Å²) >= 11 is 0.